The first kappa shape index (κ1) is 33.1. The molecule has 5 amide bonds. The van der Waals surface area contributed by atoms with E-state index in [1.807, 2.05) is 0 Å². The Labute approximate surface area is 214 Å². The molecular formula is C21H39N7O7S. The molecule has 0 saturated heterocycles. The lowest BCUT2D eigenvalue weighted by Crippen LogP contribution is -2.57. The number of unbranched alkanes of at least 4 members (excludes halogenated alkanes) is 1. The van der Waals surface area contributed by atoms with Crippen molar-refractivity contribution in [3.8, 4) is 0 Å². The standard InChI is InChI=1S/C21H39N7O7S/c1-36-11-9-14(20(33)28-15(21(34)35)6-8-17(25)30)27-19(32)13(5-7-16(24)29)26-18(31)12(23)4-2-3-10-22/h12-15H,2-11,22-23H2,1H3,(H2,24,29)(H2,25,30)(H,26,31)(H,27,32)(H,28,33)(H,34,35). The molecule has 0 rings (SSSR count). The van der Waals surface area contributed by atoms with E-state index in [4.69, 9.17) is 22.9 Å². The number of nitrogens with one attached hydrogen (secondary N) is 3. The molecule has 0 aliphatic rings. The summed E-state index contributed by atoms with van der Waals surface area (Å²) in [6, 6.07) is -4.65. The van der Waals surface area contributed by atoms with Crippen molar-refractivity contribution in [2.24, 2.45) is 22.9 Å². The zero-order valence-corrected chi connectivity index (χ0v) is 21.3. The first-order valence-corrected chi connectivity index (χ1v) is 13.0. The molecule has 4 atom stereocenters. The molecule has 0 aromatic rings. The molecule has 0 aromatic carbocycles. The molecule has 0 saturated carbocycles. The van der Waals surface area contributed by atoms with Crippen LogP contribution >= 0.6 is 11.8 Å². The van der Waals surface area contributed by atoms with Crippen LogP contribution in [0.1, 0.15) is 51.4 Å². The van der Waals surface area contributed by atoms with Gasteiger partial charge in [0.05, 0.1) is 6.04 Å². The third-order valence-electron chi connectivity index (χ3n) is 5.16. The lowest BCUT2D eigenvalue weighted by atomic mass is 10.1. The quantitative estimate of drug-likeness (QED) is 0.0748. The van der Waals surface area contributed by atoms with E-state index in [0.717, 1.165) is 0 Å². The monoisotopic (exact) mass is 533 g/mol. The van der Waals surface area contributed by atoms with Gasteiger partial charge in [-0.1, -0.05) is 6.42 Å². The third-order valence-corrected chi connectivity index (χ3v) is 5.80. The smallest absolute Gasteiger partial charge is 0.326 e. The van der Waals surface area contributed by atoms with Gasteiger partial charge in [-0.3, -0.25) is 24.0 Å². The molecule has 12 N–H and O–H groups in total. The van der Waals surface area contributed by atoms with Crippen LogP contribution in [0.25, 0.3) is 0 Å². The molecule has 0 aliphatic carbocycles. The van der Waals surface area contributed by atoms with Gasteiger partial charge >= 0.3 is 5.97 Å². The molecular weight excluding hydrogens is 494 g/mol. The molecule has 0 spiro atoms. The predicted octanol–water partition coefficient (Wildman–Crippen LogP) is -2.73. The molecule has 0 fully saturated rings. The first-order valence-electron chi connectivity index (χ1n) is 11.6. The summed E-state index contributed by atoms with van der Waals surface area (Å²) < 4.78 is 0. The summed E-state index contributed by atoms with van der Waals surface area (Å²) in [4.78, 5) is 72.0. The first-order chi connectivity index (χ1) is 16.9. The zero-order chi connectivity index (χ0) is 27.7. The van der Waals surface area contributed by atoms with Gasteiger partial charge in [0.1, 0.15) is 18.1 Å². The van der Waals surface area contributed by atoms with Gasteiger partial charge in [-0.2, -0.15) is 11.8 Å². The molecule has 36 heavy (non-hydrogen) atoms. The van der Waals surface area contributed by atoms with Crippen LogP contribution in [0, 0.1) is 0 Å². The van der Waals surface area contributed by atoms with Gasteiger partial charge in [-0.05, 0) is 50.7 Å². The van der Waals surface area contributed by atoms with Crippen molar-refractivity contribution >= 4 is 47.3 Å². The summed E-state index contributed by atoms with van der Waals surface area (Å²) in [6.07, 6.45) is 2.74. The minimum atomic E-state index is -1.39. The van der Waals surface area contributed by atoms with Gasteiger partial charge in [0.25, 0.3) is 0 Å². The lowest BCUT2D eigenvalue weighted by Gasteiger charge is -2.25. The summed E-state index contributed by atoms with van der Waals surface area (Å²) in [7, 11) is 0. The number of carbonyl (C=O) groups excluding carboxylic acids is 5. The van der Waals surface area contributed by atoms with Crippen LogP contribution in [-0.4, -0.2) is 83.3 Å². The Morgan fingerprint density at radius 2 is 1.22 bits per heavy atom. The van der Waals surface area contributed by atoms with Crippen LogP contribution in [0.4, 0.5) is 0 Å². The molecule has 0 aromatic heterocycles. The normalized spacial score (nSPS) is 14.1. The van der Waals surface area contributed by atoms with E-state index < -0.39 is 59.7 Å². The predicted molar refractivity (Wildman–Crippen MR) is 134 cm³/mol. The second-order valence-corrected chi connectivity index (χ2v) is 9.19. The maximum absolute atomic E-state index is 13.0. The second kappa shape index (κ2) is 18.4. The molecule has 15 heteroatoms. The van der Waals surface area contributed by atoms with Crippen LogP contribution in [0.2, 0.25) is 0 Å². The SMILES string of the molecule is CSCCC(NC(=O)C(CCC(N)=O)NC(=O)C(N)CCCCN)C(=O)NC(CCC(N)=O)C(=O)O. The van der Waals surface area contributed by atoms with Crippen LogP contribution < -0.4 is 38.9 Å². The van der Waals surface area contributed by atoms with E-state index in [1.54, 1.807) is 6.26 Å². The van der Waals surface area contributed by atoms with Gasteiger partial charge in [0.15, 0.2) is 0 Å². The Bertz CT molecular complexity index is 769. The molecule has 4 unspecified atom stereocenters. The van der Waals surface area contributed by atoms with E-state index in [9.17, 15) is 33.9 Å². The van der Waals surface area contributed by atoms with Gasteiger partial charge in [0.2, 0.25) is 29.5 Å². The molecule has 0 bridgehead atoms. The number of thioether (sulfide) groups is 1. The fraction of sp³-hybridized carbons (Fsp3) is 0.714. The van der Waals surface area contributed by atoms with Gasteiger partial charge < -0.3 is 44.0 Å². The number of primary amides is 2. The number of nitrogens with two attached hydrogens (primary N) is 4. The van der Waals surface area contributed by atoms with Crippen molar-refractivity contribution < 1.29 is 33.9 Å². The Hall–Kier alpha value is -2.91. The minimum Gasteiger partial charge on any atom is -0.480 e. The Morgan fingerprint density at radius 3 is 1.69 bits per heavy atom. The van der Waals surface area contributed by atoms with E-state index in [1.165, 1.54) is 11.8 Å². The lowest BCUT2D eigenvalue weighted by molar-refractivity contribution is -0.142. The highest BCUT2D eigenvalue weighted by Crippen LogP contribution is 2.07. The van der Waals surface area contributed by atoms with Crippen molar-refractivity contribution in [3.63, 3.8) is 0 Å². The molecule has 0 heterocycles. The maximum Gasteiger partial charge on any atom is 0.326 e. The van der Waals surface area contributed by atoms with Crippen LogP contribution in [-0.2, 0) is 28.8 Å². The molecule has 206 valence electrons. The highest BCUT2D eigenvalue weighted by atomic mass is 32.2. The van der Waals surface area contributed by atoms with Gasteiger partial charge in [-0.25, -0.2) is 4.79 Å². The Morgan fingerprint density at radius 1 is 0.750 bits per heavy atom. The second-order valence-electron chi connectivity index (χ2n) is 8.20. The number of aliphatic carboxylic acids is 1. The van der Waals surface area contributed by atoms with E-state index in [0.29, 0.717) is 31.6 Å². The van der Waals surface area contributed by atoms with Crippen molar-refractivity contribution in [1.82, 2.24) is 16.0 Å². The summed E-state index contributed by atoms with van der Waals surface area (Å²) in [5.41, 5.74) is 21.6. The summed E-state index contributed by atoms with van der Waals surface area (Å²) in [5.74, 6) is -4.49. The fourth-order valence-corrected chi connectivity index (χ4v) is 3.54. The minimum absolute atomic E-state index is 0.129. The summed E-state index contributed by atoms with van der Waals surface area (Å²) >= 11 is 1.40. The average Bonchev–Trinajstić information content (AvgIpc) is 2.80. The van der Waals surface area contributed by atoms with E-state index in [-0.39, 0.29) is 32.1 Å². The topological polar surface area (TPSA) is 263 Å². The van der Waals surface area contributed by atoms with Crippen LogP contribution in [0.3, 0.4) is 0 Å². The van der Waals surface area contributed by atoms with Crippen LogP contribution in [0.15, 0.2) is 0 Å². The number of carbonyl (C=O) groups is 6. The summed E-state index contributed by atoms with van der Waals surface area (Å²) in [6.45, 7) is 0.447. The Balaban J connectivity index is 5.47. The molecule has 0 radical (unpaired) electrons. The summed E-state index contributed by atoms with van der Waals surface area (Å²) in [5, 5.41) is 16.6. The van der Waals surface area contributed by atoms with E-state index >= 15 is 0 Å². The Kier molecular flexibility index (Phi) is 16.9. The average molecular weight is 534 g/mol. The van der Waals surface area contributed by atoms with E-state index in [2.05, 4.69) is 16.0 Å². The number of hydrogen-bond donors (Lipinski definition) is 8. The fourth-order valence-electron chi connectivity index (χ4n) is 3.07. The molecule has 0 aliphatic heterocycles. The van der Waals surface area contributed by atoms with Crippen molar-refractivity contribution in [2.45, 2.75) is 75.5 Å². The third kappa shape index (κ3) is 14.5. The number of carboxylic acids is 1. The highest BCUT2D eigenvalue weighted by molar-refractivity contribution is 7.98. The van der Waals surface area contributed by atoms with Crippen molar-refractivity contribution in [2.75, 3.05) is 18.6 Å². The molecule has 14 nitrogen and oxygen atoms in total. The van der Waals surface area contributed by atoms with Crippen LogP contribution in [0.5, 0.6) is 0 Å². The van der Waals surface area contributed by atoms with Crippen molar-refractivity contribution in [1.29, 1.82) is 0 Å². The number of amides is 5. The zero-order valence-electron chi connectivity index (χ0n) is 20.5. The largest absolute Gasteiger partial charge is 0.480 e. The van der Waals surface area contributed by atoms with Gasteiger partial charge in [-0.15, -0.1) is 0 Å². The number of hydrogen-bond acceptors (Lipinski definition) is 9. The van der Waals surface area contributed by atoms with Crippen molar-refractivity contribution in [3.05, 3.63) is 0 Å². The highest BCUT2D eigenvalue weighted by Gasteiger charge is 2.30. The number of rotatable bonds is 20. The maximum atomic E-state index is 13.0. The van der Waals surface area contributed by atoms with Gasteiger partial charge in [0, 0.05) is 12.8 Å². The number of carboxylic acid groups (broad SMARTS) is 1.